The third kappa shape index (κ3) is 2.33. The second kappa shape index (κ2) is 3.18. The van der Waals surface area contributed by atoms with Crippen molar-refractivity contribution < 1.29 is 0 Å². The van der Waals surface area contributed by atoms with Crippen LogP contribution in [0.15, 0.2) is 0 Å². The molecule has 0 saturated heterocycles. The zero-order valence-electron chi connectivity index (χ0n) is 6.06. The molecule has 2 atom stereocenters. The lowest BCUT2D eigenvalue weighted by atomic mass is 10.3. The Kier molecular flexibility index (Phi) is 2.49. The molecule has 0 heterocycles. The fourth-order valence-electron chi connectivity index (χ4n) is 1.07. The van der Waals surface area contributed by atoms with Crippen molar-refractivity contribution in [1.29, 1.82) is 0 Å². The zero-order chi connectivity index (χ0) is 6.69. The van der Waals surface area contributed by atoms with E-state index in [9.17, 15) is 0 Å². The van der Waals surface area contributed by atoms with Crippen molar-refractivity contribution >= 4 is 0 Å². The molecule has 0 aliphatic heterocycles. The van der Waals surface area contributed by atoms with E-state index in [4.69, 9.17) is 5.73 Å². The highest BCUT2D eigenvalue weighted by atomic mass is 14.9. The van der Waals surface area contributed by atoms with Gasteiger partial charge in [-0.2, -0.15) is 0 Å². The van der Waals surface area contributed by atoms with Gasteiger partial charge in [-0.05, 0) is 24.8 Å². The lowest BCUT2D eigenvalue weighted by Gasteiger charge is -1.98. The summed E-state index contributed by atoms with van der Waals surface area (Å²) >= 11 is 0. The molecule has 1 aliphatic carbocycles. The minimum absolute atomic E-state index is 0.765. The summed E-state index contributed by atoms with van der Waals surface area (Å²) in [6, 6.07) is 0. The van der Waals surface area contributed by atoms with Crippen molar-refractivity contribution in [3.8, 4) is 0 Å². The molecule has 0 aromatic carbocycles. The van der Waals surface area contributed by atoms with Gasteiger partial charge in [0, 0.05) is 13.1 Å². The monoisotopic (exact) mass is 128 g/mol. The summed E-state index contributed by atoms with van der Waals surface area (Å²) in [5, 5.41) is 3.30. The van der Waals surface area contributed by atoms with Crippen LogP contribution in [0.2, 0.25) is 0 Å². The minimum atomic E-state index is 0.765. The van der Waals surface area contributed by atoms with Gasteiger partial charge in [-0.15, -0.1) is 0 Å². The Morgan fingerprint density at radius 2 is 2.33 bits per heavy atom. The molecule has 2 nitrogen and oxygen atoms in total. The number of hydrogen-bond acceptors (Lipinski definition) is 2. The van der Waals surface area contributed by atoms with Gasteiger partial charge in [-0.3, -0.25) is 0 Å². The normalized spacial score (nSPS) is 32.7. The highest BCUT2D eigenvalue weighted by Gasteiger charge is 2.31. The van der Waals surface area contributed by atoms with Gasteiger partial charge in [0.2, 0.25) is 0 Å². The molecule has 0 bridgehead atoms. The van der Waals surface area contributed by atoms with E-state index in [1.165, 1.54) is 13.0 Å². The Morgan fingerprint density at radius 3 is 2.78 bits per heavy atom. The average Bonchev–Trinajstić information content (AvgIpc) is 2.48. The van der Waals surface area contributed by atoms with E-state index in [1.807, 2.05) is 0 Å². The number of rotatable bonds is 4. The summed E-state index contributed by atoms with van der Waals surface area (Å²) in [6.07, 6.45) is 1.41. The first-order valence-electron chi connectivity index (χ1n) is 3.75. The first-order valence-corrected chi connectivity index (χ1v) is 3.75. The standard InChI is InChI=1S/C7H16N2/c1-6-4-7(6)5-9-3-2-8/h6-7,9H,2-5,8H2,1H3. The molecule has 1 saturated carbocycles. The molecule has 2 unspecified atom stereocenters. The molecular formula is C7H16N2. The first-order chi connectivity index (χ1) is 4.34. The van der Waals surface area contributed by atoms with Crippen LogP contribution in [0.3, 0.4) is 0 Å². The number of hydrogen-bond donors (Lipinski definition) is 2. The Labute approximate surface area is 56.8 Å². The maximum atomic E-state index is 5.31. The zero-order valence-corrected chi connectivity index (χ0v) is 6.06. The lowest BCUT2D eigenvalue weighted by Crippen LogP contribution is -2.24. The second-order valence-corrected chi connectivity index (χ2v) is 2.97. The van der Waals surface area contributed by atoms with Gasteiger partial charge in [0.1, 0.15) is 0 Å². The average molecular weight is 128 g/mol. The molecule has 0 radical (unpaired) electrons. The van der Waals surface area contributed by atoms with Crippen molar-refractivity contribution in [2.75, 3.05) is 19.6 Å². The van der Waals surface area contributed by atoms with Crippen molar-refractivity contribution in [3.63, 3.8) is 0 Å². The van der Waals surface area contributed by atoms with Crippen LogP contribution in [0.25, 0.3) is 0 Å². The van der Waals surface area contributed by atoms with Crippen molar-refractivity contribution in [2.24, 2.45) is 17.6 Å². The maximum Gasteiger partial charge on any atom is 0.00746 e. The predicted molar refractivity (Wildman–Crippen MR) is 39.2 cm³/mol. The SMILES string of the molecule is CC1CC1CNCCN. The van der Waals surface area contributed by atoms with Gasteiger partial charge >= 0.3 is 0 Å². The van der Waals surface area contributed by atoms with E-state index in [0.717, 1.165) is 24.9 Å². The molecule has 9 heavy (non-hydrogen) atoms. The summed E-state index contributed by atoms with van der Waals surface area (Å²) in [5.41, 5.74) is 5.31. The predicted octanol–water partition coefficient (Wildman–Crippen LogP) is 0.191. The molecule has 0 aromatic rings. The summed E-state index contributed by atoms with van der Waals surface area (Å²) in [5.74, 6) is 1.92. The second-order valence-electron chi connectivity index (χ2n) is 2.97. The van der Waals surface area contributed by atoms with E-state index in [0.29, 0.717) is 0 Å². The Morgan fingerprint density at radius 1 is 1.67 bits per heavy atom. The third-order valence-corrected chi connectivity index (χ3v) is 2.00. The molecule has 0 spiro atoms. The molecule has 3 N–H and O–H groups in total. The summed E-state index contributed by atoms with van der Waals surface area (Å²) in [7, 11) is 0. The van der Waals surface area contributed by atoms with Crippen molar-refractivity contribution in [3.05, 3.63) is 0 Å². The van der Waals surface area contributed by atoms with E-state index in [2.05, 4.69) is 12.2 Å². The smallest absolute Gasteiger partial charge is 0.00746 e. The Balaban J connectivity index is 1.83. The molecule has 0 aromatic heterocycles. The van der Waals surface area contributed by atoms with Crippen LogP contribution >= 0.6 is 0 Å². The summed E-state index contributed by atoms with van der Waals surface area (Å²) < 4.78 is 0. The van der Waals surface area contributed by atoms with Gasteiger partial charge in [0.05, 0.1) is 0 Å². The topological polar surface area (TPSA) is 38.0 Å². The fourth-order valence-corrected chi connectivity index (χ4v) is 1.07. The van der Waals surface area contributed by atoms with Crippen LogP contribution in [0.5, 0.6) is 0 Å². The van der Waals surface area contributed by atoms with E-state index in [-0.39, 0.29) is 0 Å². The molecule has 1 aliphatic rings. The Hall–Kier alpha value is -0.0800. The molecule has 2 heteroatoms. The quantitative estimate of drug-likeness (QED) is 0.530. The molecule has 1 fully saturated rings. The largest absolute Gasteiger partial charge is 0.329 e. The highest BCUT2D eigenvalue weighted by Crippen LogP contribution is 2.36. The third-order valence-electron chi connectivity index (χ3n) is 2.00. The van der Waals surface area contributed by atoms with Crippen LogP contribution in [0.1, 0.15) is 13.3 Å². The van der Waals surface area contributed by atoms with Gasteiger partial charge < -0.3 is 11.1 Å². The van der Waals surface area contributed by atoms with Crippen LogP contribution < -0.4 is 11.1 Å². The summed E-state index contributed by atoms with van der Waals surface area (Å²) in [6.45, 7) is 5.22. The van der Waals surface area contributed by atoms with E-state index >= 15 is 0 Å². The molecule has 54 valence electrons. The van der Waals surface area contributed by atoms with Crippen LogP contribution in [0, 0.1) is 11.8 Å². The highest BCUT2D eigenvalue weighted by molar-refractivity contribution is 4.83. The maximum absolute atomic E-state index is 5.31. The van der Waals surface area contributed by atoms with Gasteiger partial charge in [-0.25, -0.2) is 0 Å². The molecule has 0 amide bonds. The van der Waals surface area contributed by atoms with E-state index in [1.54, 1.807) is 0 Å². The van der Waals surface area contributed by atoms with Crippen molar-refractivity contribution in [2.45, 2.75) is 13.3 Å². The van der Waals surface area contributed by atoms with Crippen LogP contribution in [-0.4, -0.2) is 19.6 Å². The fraction of sp³-hybridized carbons (Fsp3) is 1.00. The van der Waals surface area contributed by atoms with Crippen LogP contribution in [-0.2, 0) is 0 Å². The molecule has 1 rings (SSSR count). The van der Waals surface area contributed by atoms with Gasteiger partial charge in [0.15, 0.2) is 0 Å². The lowest BCUT2D eigenvalue weighted by molar-refractivity contribution is 0.617. The van der Waals surface area contributed by atoms with E-state index < -0.39 is 0 Å². The summed E-state index contributed by atoms with van der Waals surface area (Å²) in [4.78, 5) is 0. The first kappa shape index (κ1) is 7.03. The van der Waals surface area contributed by atoms with Crippen molar-refractivity contribution in [1.82, 2.24) is 5.32 Å². The minimum Gasteiger partial charge on any atom is -0.329 e. The van der Waals surface area contributed by atoms with Gasteiger partial charge in [-0.1, -0.05) is 6.92 Å². The Bertz CT molecular complexity index is 83.0. The molecular weight excluding hydrogens is 112 g/mol. The van der Waals surface area contributed by atoms with Crippen LogP contribution in [0.4, 0.5) is 0 Å². The number of nitrogens with two attached hydrogens (primary N) is 1. The number of nitrogens with one attached hydrogen (secondary N) is 1. The van der Waals surface area contributed by atoms with Gasteiger partial charge in [0.25, 0.3) is 0 Å².